The molecule has 9 nitrogen and oxygen atoms in total. The number of esters is 3. The second-order valence-corrected chi connectivity index (χ2v) is 4.51. The van der Waals surface area contributed by atoms with Crippen LogP contribution in [0.4, 0.5) is 0 Å². The maximum atomic E-state index is 11.1. The molecule has 1 saturated heterocycles. The normalized spacial score (nSPS) is 32.1. The van der Waals surface area contributed by atoms with Crippen molar-refractivity contribution in [1.82, 2.24) is 0 Å². The van der Waals surface area contributed by atoms with Crippen molar-refractivity contribution in [2.24, 2.45) is 0 Å². The summed E-state index contributed by atoms with van der Waals surface area (Å²) in [7, 11) is 0. The molecule has 9 heteroatoms. The van der Waals surface area contributed by atoms with Crippen LogP contribution in [0.5, 0.6) is 0 Å². The van der Waals surface area contributed by atoms with Crippen LogP contribution in [0, 0.1) is 0 Å². The van der Waals surface area contributed by atoms with E-state index in [1.165, 1.54) is 6.92 Å². The predicted molar refractivity (Wildman–Crippen MR) is 64.6 cm³/mol. The number of aliphatic hydroxyl groups excluding tert-OH is 2. The summed E-state index contributed by atoms with van der Waals surface area (Å²) in [5.41, 5.74) is 0. The van der Waals surface area contributed by atoms with E-state index in [9.17, 15) is 24.6 Å². The van der Waals surface area contributed by atoms with Gasteiger partial charge in [0, 0.05) is 20.8 Å². The Balaban J connectivity index is 2.94. The molecule has 2 unspecified atom stereocenters. The molecule has 21 heavy (non-hydrogen) atoms. The van der Waals surface area contributed by atoms with Gasteiger partial charge in [-0.15, -0.1) is 0 Å². The maximum Gasteiger partial charge on any atom is 0.303 e. The van der Waals surface area contributed by atoms with Crippen molar-refractivity contribution < 1.29 is 43.5 Å². The van der Waals surface area contributed by atoms with Gasteiger partial charge >= 0.3 is 17.9 Å². The third kappa shape index (κ3) is 4.96. The summed E-state index contributed by atoms with van der Waals surface area (Å²) in [4.78, 5) is 33.1. The minimum absolute atomic E-state index is 0.338. The molecular formula is C12H18O9. The van der Waals surface area contributed by atoms with Crippen LogP contribution in [0.2, 0.25) is 0 Å². The summed E-state index contributed by atoms with van der Waals surface area (Å²) in [5.74, 6) is -2.06. The van der Waals surface area contributed by atoms with E-state index in [2.05, 4.69) is 0 Å². The number of hydrogen-bond acceptors (Lipinski definition) is 9. The van der Waals surface area contributed by atoms with Gasteiger partial charge in [-0.05, 0) is 0 Å². The highest BCUT2D eigenvalue weighted by Crippen LogP contribution is 2.25. The van der Waals surface area contributed by atoms with Crippen LogP contribution in [0.3, 0.4) is 0 Å². The molecule has 5 atom stereocenters. The summed E-state index contributed by atoms with van der Waals surface area (Å²) in [6.45, 7) is 3.04. The van der Waals surface area contributed by atoms with Gasteiger partial charge in [-0.2, -0.15) is 0 Å². The standard InChI is InChI=1S/C12H18O9/c1-5(13)18-4-8-10(19-6(2)14)11(20-7(3)15)9(16)12(17)21-8/h8-12,16-17H,4H2,1-3H3/t8?,9?,10-,11+,12-/m1/s1. The highest BCUT2D eigenvalue weighted by atomic mass is 16.7. The van der Waals surface area contributed by atoms with Gasteiger partial charge < -0.3 is 29.2 Å². The fraction of sp³-hybridized carbons (Fsp3) is 0.750. The molecule has 0 aromatic carbocycles. The van der Waals surface area contributed by atoms with Crippen LogP contribution in [0.25, 0.3) is 0 Å². The molecule has 0 radical (unpaired) electrons. The first-order chi connectivity index (χ1) is 9.72. The van der Waals surface area contributed by atoms with E-state index in [4.69, 9.17) is 18.9 Å². The lowest BCUT2D eigenvalue weighted by Gasteiger charge is -2.41. The Morgan fingerprint density at radius 3 is 1.95 bits per heavy atom. The van der Waals surface area contributed by atoms with Crippen molar-refractivity contribution in [3.8, 4) is 0 Å². The van der Waals surface area contributed by atoms with Crippen LogP contribution < -0.4 is 0 Å². The largest absolute Gasteiger partial charge is 0.463 e. The number of carbonyl (C=O) groups excluding carboxylic acids is 3. The first-order valence-electron chi connectivity index (χ1n) is 6.21. The topological polar surface area (TPSA) is 129 Å². The summed E-state index contributed by atoms with van der Waals surface area (Å²) >= 11 is 0. The van der Waals surface area contributed by atoms with Crippen LogP contribution in [-0.2, 0) is 33.3 Å². The second kappa shape index (κ2) is 7.34. The quantitative estimate of drug-likeness (QED) is 0.470. The molecule has 1 heterocycles. The highest BCUT2D eigenvalue weighted by Gasteiger charge is 2.49. The number of hydrogen-bond donors (Lipinski definition) is 2. The number of ether oxygens (including phenoxy) is 4. The van der Waals surface area contributed by atoms with Gasteiger partial charge in [-0.25, -0.2) is 0 Å². The molecule has 0 aromatic heterocycles. The minimum atomic E-state index is -1.68. The lowest BCUT2D eigenvalue weighted by Crippen LogP contribution is -2.61. The van der Waals surface area contributed by atoms with E-state index >= 15 is 0 Å². The van der Waals surface area contributed by atoms with Gasteiger partial charge in [-0.3, -0.25) is 14.4 Å². The lowest BCUT2D eigenvalue weighted by molar-refractivity contribution is -0.293. The van der Waals surface area contributed by atoms with Gasteiger partial charge in [0.25, 0.3) is 0 Å². The first kappa shape index (κ1) is 17.3. The third-order valence-corrected chi connectivity index (χ3v) is 2.69. The van der Waals surface area contributed by atoms with E-state index in [1.54, 1.807) is 0 Å². The predicted octanol–water partition coefficient (Wildman–Crippen LogP) is -1.51. The van der Waals surface area contributed by atoms with Gasteiger partial charge in [0.2, 0.25) is 0 Å². The van der Waals surface area contributed by atoms with Gasteiger partial charge in [-0.1, -0.05) is 0 Å². The number of carbonyl (C=O) groups is 3. The van der Waals surface area contributed by atoms with E-state index in [1.807, 2.05) is 0 Å². The van der Waals surface area contributed by atoms with Crippen molar-refractivity contribution in [3.05, 3.63) is 0 Å². The maximum absolute atomic E-state index is 11.1. The Labute approximate surface area is 120 Å². The van der Waals surface area contributed by atoms with E-state index in [-0.39, 0.29) is 6.61 Å². The summed E-state index contributed by atoms with van der Waals surface area (Å²) in [6, 6.07) is 0. The Morgan fingerprint density at radius 2 is 1.48 bits per heavy atom. The van der Waals surface area contributed by atoms with Crippen molar-refractivity contribution in [1.29, 1.82) is 0 Å². The molecule has 0 amide bonds. The molecule has 0 aliphatic carbocycles. The van der Waals surface area contributed by atoms with E-state index in [0.717, 1.165) is 13.8 Å². The molecule has 120 valence electrons. The fourth-order valence-electron chi connectivity index (χ4n) is 1.90. The van der Waals surface area contributed by atoms with Gasteiger partial charge in [0.15, 0.2) is 18.5 Å². The molecule has 0 aromatic rings. The Hall–Kier alpha value is -1.71. The zero-order valence-electron chi connectivity index (χ0n) is 11.8. The summed E-state index contributed by atoms with van der Waals surface area (Å²) in [5, 5.41) is 19.4. The van der Waals surface area contributed by atoms with Crippen molar-refractivity contribution in [2.75, 3.05) is 6.61 Å². The van der Waals surface area contributed by atoms with Crippen LogP contribution in [-0.4, -0.2) is 65.4 Å². The average molecular weight is 306 g/mol. The van der Waals surface area contributed by atoms with Crippen LogP contribution in [0.15, 0.2) is 0 Å². The average Bonchev–Trinajstić information content (AvgIpc) is 2.35. The molecule has 1 fully saturated rings. The van der Waals surface area contributed by atoms with E-state index < -0.39 is 48.6 Å². The van der Waals surface area contributed by atoms with Crippen molar-refractivity contribution in [3.63, 3.8) is 0 Å². The van der Waals surface area contributed by atoms with Crippen molar-refractivity contribution in [2.45, 2.75) is 51.5 Å². The zero-order chi connectivity index (χ0) is 16.2. The smallest absolute Gasteiger partial charge is 0.303 e. The Bertz CT molecular complexity index is 408. The molecule has 0 saturated carbocycles. The number of rotatable bonds is 4. The summed E-state index contributed by atoms with van der Waals surface area (Å²) < 4.78 is 19.6. The monoisotopic (exact) mass is 306 g/mol. The molecular weight excluding hydrogens is 288 g/mol. The molecule has 2 N–H and O–H groups in total. The molecule has 1 aliphatic rings. The SMILES string of the molecule is CC(=O)OCC1O[C@@H](O)C(O)[C@H](OC(C)=O)[C@@H]1OC(C)=O. The third-order valence-electron chi connectivity index (χ3n) is 2.69. The molecule has 0 spiro atoms. The molecule has 1 aliphatic heterocycles. The number of aliphatic hydroxyl groups is 2. The van der Waals surface area contributed by atoms with Crippen molar-refractivity contribution >= 4 is 17.9 Å². The lowest BCUT2D eigenvalue weighted by atomic mass is 9.98. The Kier molecular flexibility index (Phi) is 6.06. The van der Waals surface area contributed by atoms with E-state index in [0.29, 0.717) is 0 Å². The second-order valence-electron chi connectivity index (χ2n) is 4.51. The first-order valence-corrected chi connectivity index (χ1v) is 6.21. The fourth-order valence-corrected chi connectivity index (χ4v) is 1.90. The Morgan fingerprint density at radius 1 is 0.952 bits per heavy atom. The van der Waals surface area contributed by atoms with Gasteiger partial charge in [0.1, 0.15) is 18.8 Å². The highest BCUT2D eigenvalue weighted by molar-refractivity contribution is 5.67. The zero-order valence-corrected chi connectivity index (χ0v) is 11.8. The van der Waals surface area contributed by atoms with Crippen LogP contribution >= 0.6 is 0 Å². The van der Waals surface area contributed by atoms with Crippen LogP contribution in [0.1, 0.15) is 20.8 Å². The minimum Gasteiger partial charge on any atom is -0.463 e. The molecule has 1 rings (SSSR count). The summed E-state index contributed by atoms with van der Waals surface area (Å²) in [6.07, 6.45) is -6.92. The van der Waals surface area contributed by atoms with Gasteiger partial charge in [0.05, 0.1) is 0 Å². The molecule has 0 bridgehead atoms.